The number of benzene rings is 1. The van der Waals surface area contributed by atoms with Gasteiger partial charge in [-0.1, -0.05) is 6.07 Å². The number of furan rings is 1. The van der Waals surface area contributed by atoms with Crippen LogP contribution in [-0.2, 0) is 26.1 Å². The summed E-state index contributed by atoms with van der Waals surface area (Å²) in [7, 11) is -0.790. The van der Waals surface area contributed by atoms with Gasteiger partial charge in [-0.3, -0.25) is 4.79 Å². The lowest BCUT2D eigenvalue weighted by Gasteiger charge is -2.13. The first-order valence-electron chi connectivity index (χ1n) is 9.78. The van der Waals surface area contributed by atoms with E-state index in [4.69, 9.17) is 9.15 Å². The summed E-state index contributed by atoms with van der Waals surface area (Å²) in [6, 6.07) is 11.2. The molecule has 2 aromatic heterocycles. The molecule has 3 aromatic rings. The molecule has 10 heteroatoms. The van der Waals surface area contributed by atoms with E-state index in [1.54, 1.807) is 31.4 Å². The molecular formula is C22H25N3O6S. The van der Waals surface area contributed by atoms with E-state index in [1.165, 1.54) is 32.3 Å². The van der Waals surface area contributed by atoms with Crippen molar-refractivity contribution in [2.75, 3.05) is 26.0 Å². The molecule has 1 amide bonds. The maximum absolute atomic E-state index is 12.5. The van der Waals surface area contributed by atoms with Crippen LogP contribution in [0.5, 0.6) is 0 Å². The van der Waals surface area contributed by atoms with Crippen LogP contribution in [0.1, 0.15) is 27.5 Å². The van der Waals surface area contributed by atoms with Crippen LogP contribution in [0, 0.1) is 13.8 Å². The van der Waals surface area contributed by atoms with Crippen molar-refractivity contribution in [1.29, 1.82) is 0 Å². The number of amides is 1. The van der Waals surface area contributed by atoms with Crippen molar-refractivity contribution in [3.05, 3.63) is 71.4 Å². The summed E-state index contributed by atoms with van der Waals surface area (Å²) in [4.78, 5) is 24.8. The lowest BCUT2D eigenvalue weighted by atomic mass is 10.2. The molecule has 0 aliphatic heterocycles. The van der Waals surface area contributed by atoms with Crippen molar-refractivity contribution in [3.8, 4) is 0 Å². The van der Waals surface area contributed by atoms with E-state index in [2.05, 4.69) is 5.32 Å². The fraction of sp³-hybridized carbons (Fsp3) is 0.273. The van der Waals surface area contributed by atoms with E-state index in [1.807, 2.05) is 17.6 Å². The van der Waals surface area contributed by atoms with Crippen molar-refractivity contribution in [1.82, 2.24) is 8.87 Å². The molecule has 0 saturated carbocycles. The standard InChI is InChI=1S/C22H25N3O6S/c1-15-11-20(16(2)25(15)13-18-8-6-10-30-18)22(27)31-14-21(26)23-17-7-5-9-19(12-17)32(28,29)24(3)4/h5-12H,13-14H2,1-4H3,(H,23,26). The average Bonchev–Trinajstić information content (AvgIpc) is 3.36. The molecule has 9 nitrogen and oxygen atoms in total. The molecule has 0 radical (unpaired) electrons. The number of rotatable bonds is 8. The summed E-state index contributed by atoms with van der Waals surface area (Å²) in [5.74, 6) is -0.449. The Morgan fingerprint density at radius 2 is 1.88 bits per heavy atom. The van der Waals surface area contributed by atoms with Gasteiger partial charge in [0.25, 0.3) is 5.91 Å². The zero-order chi connectivity index (χ0) is 23.5. The van der Waals surface area contributed by atoms with Gasteiger partial charge >= 0.3 is 5.97 Å². The first-order valence-corrected chi connectivity index (χ1v) is 11.2. The highest BCUT2D eigenvalue weighted by atomic mass is 32.2. The number of anilines is 1. The third-order valence-corrected chi connectivity index (χ3v) is 6.73. The van der Waals surface area contributed by atoms with E-state index in [-0.39, 0.29) is 10.6 Å². The average molecular weight is 460 g/mol. The van der Waals surface area contributed by atoms with Crippen molar-refractivity contribution in [2.45, 2.75) is 25.3 Å². The Kier molecular flexibility index (Phi) is 6.85. The van der Waals surface area contributed by atoms with Gasteiger partial charge in [-0.2, -0.15) is 0 Å². The van der Waals surface area contributed by atoms with E-state index in [0.29, 0.717) is 17.8 Å². The summed E-state index contributed by atoms with van der Waals surface area (Å²) >= 11 is 0. The predicted molar refractivity (Wildman–Crippen MR) is 118 cm³/mol. The molecule has 0 bridgehead atoms. The molecule has 32 heavy (non-hydrogen) atoms. The summed E-state index contributed by atoms with van der Waals surface area (Å²) in [6.07, 6.45) is 1.59. The van der Waals surface area contributed by atoms with Gasteiger partial charge in [-0.05, 0) is 50.2 Å². The second-order valence-electron chi connectivity index (χ2n) is 7.39. The maximum atomic E-state index is 12.5. The Hall–Kier alpha value is -3.37. The second kappa shape index (κ2) is 9.41. The first-order chi connectivity index (χ1) is 15.1. The number of carbonyl (C=O) groups excluding carboxylic acids is 2. The highest BCUT2D eigenvalue weighted by Gasteiger charge is 2.20. The van der Waals surface area contributed by atoms with Crippen LogP contribution in [0.2, 0.25) is 0 Å². The second-order valence-corrected chi connectivity index (χ2v) is 9.54. The van der Waals surface area contributed by atoms with Crippen LogP contribution in [0.15, 0.2) is 58.0 Å². The van der Waals surface area contributed by atoms with Gasteiger partial charge in [0, 0.05) is 31.2 Å². The van der Waals surface area contributed by atoms with Crippen LogP contribution < -0.4 is 5.32 Å². The minimum atomic E-state index is -3.63. The van der Waals surface area contributed by atoms with E-state index < -0.39 is 28.5 Å². The van der Waals surface area contributed by atoms with Gasteiger partial charge in [-0.25, -0.2) is 17.5 Å². The number of ether oxygens (including phenoxy) is 1. The van der Waals surface area contributed by atoms with Gasteiger partial charge in [0.05, 0.1) is 23.3 Å². The lowest BCUT2D eigenvalue weighted by Crippen LogP contribution is -2.23. The Bertz CT molecular complexity index is 1230. The van der Waals surface area contributed by atoms with E-state index >= 15 is 0 Å². The Morgan fingerprint density at radius 1 is 1.12 bits per heavy atom. The molecule has 1 N–H and O–H groups in total. The van der Waals surface area contributed by atoms with Gasteiger partial charge in [0.2, 0.25) is 10.0 Å². The smallest absolute Gasteiger partial charge is 0.340 e. The fourth-order valence-corrected chi connectivity index (χ4v) is 4.11. The Labute approximate surface area is 186 Å². The normalized spacial score (nSPS) is 11.5. The van der Waals surface area contributed by atoms with Crippen LogP contribution in [-0.4, -0.2) is 49.9 Å². The molecule has 3 rings (SSSR count). The number of nitrogens with one attached hydrogen (secondary N) is 1. The van der Waals surface area contributed by atoms with Crippen LogP contribution in [0.25, 0.3) is 0 Å². The van der Waals surface area contributed by atoms with E-state index in [0.717, 1.165) is 15.8 Å². The van der Waals surface area contributed by atoms with E-state index in [9.17, 15) is 18.0 Å². The molecular weight excluding hydrogens is 434 g/mol. The highest BCUT2D eigenvalue weighted by Crippen LogP contribution is 2.19. The van der Waals surface area contributed by atoms with Crippen LogP contribution in [0.4, 0.5) is 5.69 Å². The van der Waals surface area contributed by atoms with Crippen molar-refractivity contribution < 1.29 is 27.2 Å². The molecule has 0 spiro atoms. The van der Waals surface area contributed by atoms with Crippen LogP contribution in [0.3, 0.4) is 0 Å². The van der Waals surface area contributed by atoms with Gasteiger partial charge in [0.1, 0.15) is 5.76 Å². The first kappa shape index (κ1) is 23.3. The number of carbonyl (C=O) groups is 2. The topological polar surface area (TPSA) is 111 Å². The quantitative estimate of drug-likeness (QED) is 0.519. The zero-order valence-corrected chi connectivity index (χ0v) is 19.1. The van der Waals surface area contributed by atoms with Gasteiger partial charge < -0.3 is 19.0 Å². The lowest BCUT2D eigenvalue weighted by molar-refractivity contribution is -0.119. The molecule has 0 unspecified atom stereocenters. The number of nitrogens with zero attached hydrogens (tertiary/aromatic N) is 2. The largest absolute Gasteiger partial charge is 0.467 e. The summed E-state index contributed by atoms with van der Waals surface area (Å²) < 4.78 is 38.0. The predicted octanol–water partition coefficient (Wildman–Crippen LogP) is 2.79. The Morgan fingerprint density at radius 3 is 2.53 bits per heavy atom. The third-order valence-electron chi connectivity index (χ3n) is 4.92. The van der Waals surface area contributed by atoms with Crippen LogP contribution >= 0.6 is 0 Å². The van der Waals surface area contributed by atoms with Gasteiger partial charge in [-0.15, -0.1) is 0 Å². The number of aryl methyl sites for hydroxylation is 1. The minimum Gasteiger partial charge on any atom is -0.467 e. The molecule has 0 fully saturated rings. The molecule has 0 aliphatic rings. The maximum Gasteiger partial charge on any atom is 0.340 e. The molecule has 1 aromatic carbocycles. The van der Waals surface area contributed by atoms with Crippen molar-refractivity contribution >= 4 is 27.6 Å². The molecule has 0 aliphatic carbocycles. The molecule has 0 saturated heterocycles. The number of esters is 1. The summed E-state index contributed by atoms with van der Waals surface area (Å²) in [6.45, 7) is 3.63. The molecule has 0 atom stereocenters. The zero-order valence-electron chi connectivity index (χ0n) is 18.3. The van der Waals surface area contributed by atoms with Crippen molar-refractivity contribution in [3.63, 3.8) is 0 Å². The minimum absolute atomic E-state index is 0.0429. The number of aromatic nitrogens is 1. The number of hydrogen-bond donors (Lipinski definition) is 1. The Balaban J connectivity index is 1.63. The monoisotopic (exact) mass is 459 g/mol. The summed E-state index contributed by atoms with van der Waals surface area (Å²) in [5, 5.41) is 2.54. The SMILES string of the molecule is Cc1cc(C(=O)OCC(=O)Nc2cccc(S(=O)(=O)N(C)C)c2)c(C)n1Cc1ccco1. The fourth-order valence-electron chi connectivity index (χ4n) is 3.16. The molecule has 2 heterocycles. The number of sulfonamides is 1. The summed E-state index contributed by atoms with van der Waals surface area (Å²) in [5.41, 5.74) is 2.20. The highest BCUT2D eigenvalue weighted by molar-refractivity contribution is 7.89. The van der Waals surface area contributed by atoms with Gasteiger partial charge in [0.15, 0.2) is 6.61 Å². The third kappa shape index (κ3) is 5.09. The number of hydrogen-bond acceptors (Lipinski definition) is 6. The molecule has 170 valence electrons. The van der Waals surface area contributed by atoms with Crippen molar-refractivity contribution in [2.24, 2.45) is 0 Å².